The Kier molecular flexibility index (Phi) is 9.93. The lowest BCUT2D eigenvalue weighted by Crippen LogP contribution is -2.37. The second kappa shape index (κ2) is 12.4. The number of carbonyl (C=O) groups is 1. The summed E-state index contributed by atoms with van der Waals surface area (Å²) in [6.07, 6.45) is 1.96. The van der Waals surface area contributed by atoms with Crippen LogP contribution in [0, 0.1) is 6.92 Å². The number of rotatable bonds is 8. The fraction of sp³-hybridized carbons (Fsp3) is 0.391. The molecule has 3 rings (SSSR count). The fourth-order valence-corrected chi connectivity index (χ4v) is 3.03. The first-order valence-corrected chi connectivity index (χ1v) is 10.3. The molecule has 6 nitrogen and oxygen atoms in total. The van der Waals surface area contributed by atoms with Crippen LogP contribution in [0.2, 0.25) is 0 Å². The largest absolute Gasteiger partial charge is 0.447 e. The first-order chi connectivity index (χ1) is 14.2. The van der Waals surface area contributed by atoms with E-state index in [9.17, 15) is 4.79 Å². The summed E-state index contributed by atoms with van der Waals surface area (Å²) in [5.41, 5.74) is 4.43. The van der Waals surface area contributed by atoms with E-state index in [1.165, 1.54) is 11.1 Å². The molecule has 2 aromatic rings. The summed E-state index contributed by atoms with van der Waals surface area (Å²) in [4.78, 5) is 18.0. The van der Waals surface area contributed by atoms with E-state index in [4.69, 9.17) is 9.73 Å². The van der Waals surface area contributed by atoms with Gasteiger partial charge in [-0.1, -0.05) is 55.3 Å². The number of ether oxygens (including phenoxy) is 1. The summed E-state index contributed by atoms with van der Waals surface area (Å²) in [6, 6.07) is 16.4. The van der Waals surface area contributed by atoms with Crippen LogP contribution in [0.5, 0.6) is 0 Å². The Bertz CT molecular complexity index is 822. The minimum absolute atomic E-state index is 0. The molecule has 2 aromatic carbocycles. The Balaban J connectivity index is 0.00000320. The van der Waals surface area contributed by atoms with Gasteiger partial charge in [0.15, 0.2) is 5.96 Å². The maximum atomic E-state index is 11.7. The maximum Gasteiger partial charge on any atom is 0.414 e. The lowest BCUT2D eigenvalue weighted by Gasteiger charge is -2.14. The van der Waals surface area contributed by atoms with Crippen molar-refractivity contribution in [1.82, 2.24) is 10.6 Å². The molecule has 1 fully saturated rings. The third kappa shape index (κ3) is 7.19. The molecule has 162 valence electrons. The molecule has 30 heavy (non-hydrogen) atoms. The number of nitrogens with zero attached hydrogens (tertiary/aromatic N) is 2. The maximum absolute atomic E-state index is 11.7. The van der Waals surface area contributed by atoms with Gasteiger partial charge in [-0.15, -0.1) is 24.0 Å². The molecule has 7 heteroatoms. The molecule has 2 N–H and O–H groups in total. The van der Waals surface area contributed by atoms with Gasteiger partial charge in [0.05, 0.1) is 13.1 Å². The second-order valence-electron chi connectivity index (χ2n) is 7.22. The molecule has 0 radical (unpaired) electrons. The first-order valence-electron chi connectivity index (χ1n) is 10.3. The number of aryl methyl sites for hydroxylation is 1. The number of aliphatic imine (C=N–C) groups is 1. The van der Waals surface area contributed by atoms with Gasteiger partial charge in [-0.2, -0.15) is 0 Å². The molecule has 0 unspecified atom stereocenters. The molecule has 1 saturated heterocycles. The third-order valence-corrected chi connectivity index (χ3v) is 4.83. The van der Waals surface area contributed by atoms with Gasteiger partial charge in [-0.25, -0.2) is 9.79 Å². The normalized spacial score (nSPS) is 13.6. The van der Waals surface area contributed by atoms with E-state index in [2.05, 4.69) is 48.7 Å². The fourth-order valence-electron chi connectivity index (χ4n) is 3.03. The van der Waals surface area contributed by atoms with Gasteiger partial charge < -0.3 is 15.4 Å². The van der Waals surface area contributed by atoms with Crippen molar-refractivity contribution >= 4 is 41.7 Å². The van der Waals surface area contributed by atoms with E-state index >= 15 is 0 Å². The molecular weight excluding hydrogens is 491 g/mol. The molecule has 0 aromatic heterocycles. The highest BCUT2D eigenvalue weighted by Crippen LogP contribution is 2.19. The average Bonchev–Trinajstić information content (AvgIpc) is 3.17. The van der Waals surface area contributed by atoms with Crippen molar-refractivity contribution in [3.8, 4) is 0 Å². The minimum Gasteiger partial charge on any atom is -0.447 e. The smallest absolute Gasteiger partial charge is 0.414 e. The van der Waals surface area contributed by atoms with E-state index in [1.54, 1.807) is 4.90 Å². The Hall–Kier alpha value is -2.29. The minimum atomic E-state index is -0.279. The number of hydrogen-bond acceptors (Lipinski definition) is 3. The number of anilines is 1. The van der Waals surface area contributed by atoms with Crippen molar-refractivity contribution in [2.24, 2.45) is 4.99 Å². The van der Waals surface area contributed by atoms with Crippen LogP contribution in [0.1, 0.15) is 36.5 Å². The first kappa shape index (κ1) is 24.0. The van der Waals surface area contributed by atoms with Crippen LogP contribution in [0.3, 0.4) is 0 Å². The number of guanidine groups is 1. The summed E-state index contributed by atoms with van der Waals surface area (Å²) in [6.45, 7) is 7.51. The Morgan fingerprint density at radius 1 is 1.07 bits per heavy atom. The molecule has 0 aliphatic carbocycles. The summed E-state index contributed by atoms with van der Waals surface area (Å²) >= 11 is 0. The van der Waals surface area contributed by atoms with Crippen molar-refractivity contribution in [3.63, 3.8) is 0 Å². The molecular formula is C23H31IN4O2. The topological polar surface area (TPSA) is 66.0 Å². The van der Waals surface area contributed by atoms with Crippen molar-refractivity contribution in [2.45, 2.75) is 39.8 Å². The summed E-state index contributed by atoms with van der Waals surface area (Å²) < 4.78 is 4.99. The van der Waals surface area contributed by atoms with Gasteiger partial charge in [-0.3, -0.25) is 4.90 Å². The second-order valence-corrected chi connectivity index (χ2v) is 7.22. The van der Waals surface area contributed by atoms with Gasteiger partial charge in [0.1, 0.15) is 6.61 Å². The standard InChI is InChI=1S/C23H30N4O2.HI/c1-3-4-13-24-22(25-16-19-7-5-18(2)6-8-19)26-17-20-9-11-21(12-10-20)27-14-15-29-23(27)28;/h5-12H,3-4,13-17H2,1-2H3,(H2,24,25,26);1H. The number of unbranched alkanes of at least 4 members (excludes halogenated alkanes) is 1. The van der Waals surface area contributed by atoms with Crippen LogP contribution < -0.4 is 15.5 Å². The predicted molar refractivity (Wildman–Crippen MR) is 133 cm³/mol. The zero-order valence-electron chi connectivity index (χ0n) is 17.7. The molecule has 1 aliphatic heterocycles. The van der Waals surface area contributed by atoms with E-state index in [-0.39, 0.29) is 30.1 Å². The van der Waals surface area contributed by atoms with Gasteiger partial charge in [0.2, 0.25) is 0 Å². The highest BCUT2D eigenvalue weighted by Gasteiger charge is 2.23. The van der Waals surface area contributed by atoms with E-state index in [0.29, 0.717) is 19.7 Å². The highest BCUT2D eigenvalue weighted by molar-refractivity contribution is 14.0. The van der Waals surface area contributed by atoms with Crippen LogP contribution in [0.25, 0.3) is 0 Å². The van der Waals surface area contributed by atoms with Crippen LogP contribution in [0.15, 0.2) is 53.5 Å². The lowest BCUT2D eigenvalue weighted by molar-refractivity contribution is 0.181. The van der Waals surface area contributed by atoms with Gasteiger partial charge in [-0.05, 0) is 36.6 Å². The molecule has 1 amide bonds. The van der Waals surface area contributed by atoms with Crippen LogP contribution in [-0.2, 0) is 17.8 Å². The zero-order valence-corrected chi connectivity index (χ0v) is 20.0. The van der Waals surface area contributed by atoms with Crippen LogP contribution in [0.4, 0.5) is 10.5 Å². The third-order valence-electron chi connectivity index (χ3n) is 4.83. The van der Waals surface area contributed by atoms with E-state index in [0.717, 1.165) is 43.1 Å². The molecule has 0 saturated carbocycles. The summed E-state index contributed by atoms with van der Waals surface area (Å²) in [5, 5.41) is 6.82. The van der Waals surface area contributed by atoms with Crippen molar-refractivity contribution < 1.29 is 9.53 Å². The Morgan fingerprint density at radius 3 is 2.40 bits per heavy atom. The van der Waals surface area contributed by atoms with E-state index in [1.807, 2.05) is 24.3 Å². The monoisotopic (exact) mass is 522 g/mol. The van der Waals surface area contributed by atoms with Crippen molar-refractivity contribution in [1.29, 1.82) is 0 Å². The number of nitrogens with one attached hydrogen (secondary N) is 2. The van der Waals surface area contributed by atoms with Crippen molar-refractivity contribution in [3.05, 3.63) is 65.2 Å². The number of cyclic esters (lactones) is 1. The number of benzene rings is 2. The summed E-state index contributed by atoms with van der Waals surface area (Å²) in [5.74, 6) is 0.811. The molecule has 1 heterocycles. The Labute approximate surface area is 196 Å². The molecule has 0 atom stereocenters. The molecule has 1 aliphatic rings. The average molecular weight is 522 g/mol. The number of amides is 1. The molecule has 0 spiro atoms. The SMILES string of the molecule is CCCCNC(=NCc1ccc(N2CCOC2=O)cc1)NCc1ccc(C)cc1.I. The number of carbonyl (C=O) groups excluding carboxylic acids is 1. The number of hydrogen-bond donors (Lipinski definition) is 2. The lowest BCUT2D eigenvalue weighted by atomic mass is 10.1. The Morgan fingerprint density at radius 2 is 1.77 bits per heavy atom. The predicted octanol–water partition coefficient (Wildman–Crippen LogP) is 4.61. The van der Waals surface area contributed by atoms with E-state index < -0.39 is 0 Å². The molecule has 0 bridgehead atoms. The van der Waals surface area contributed by atoms with Crippen LogP contribution in [-0.4, -0.2) is 31.7 Å². The van der Waals surface area contributed by atoms with Gasteiger partial charge >= 0.3 is 6.09 Å². The summed E-state index contributed by atoms with van der Waals surface area (Å²) in [7, 11) is 0. The van der Waals surface area contributed by atoms with Gasteiger partial charge in [0, 0.05) is 18.8 Å². The van der Waals surface area contributed by atoms with Crippen LogP contribution >= 0.6 is 24.0 Å². The zero-order chi connectivity index (χ0) is 20.5. The van der Waals surface area contributed by atoms with Crippen molar-refractivity contribution in [2.75, 3.05) is 24.6 Å². The highest BCUT2D eigenvalue weighted by atomic mass is 127. The quantitative estimate of drug-likeness (QED) is 0.230. The van der Waals surface area contributed by atoms with Gasteiger partial charge in [0.25, 0.3) is 0 Å². The number of halogens is 1.